The van der Waals surface area contributed by atoms with Crippen LogP contribution in [-0.2, 0) is 13.0 Å². The highest BCUT2D eigenvalue weighted by molar-refractivity contribution is 5.92. The molecule has 1 aliphatic rings. The first kappa shape index (κ1) is 23.3. The predicted octanol–water partition coefficient (Wildman–Crippen LogP) is 4.65. The van der Waals surface area contributed by atoms with E-state index in [9.17, 15) is 0 Å². The molecule has 0 unspecified atom stereocenters. The van der Waals surface area contributed by atoms with Gasteiger partial charge < -0.3 is 34.3 Å². The zero-order chi connectivity index (χ0) is 24.9. The van der Waals surface area contributed by atoms with Crippen molar-refractivity contribution in [3.05, 3.63) is 65.7 Å². The number of methoxy groups -OCH3 is 3. The number of aromatic nitrogens is 2. The Morgan fingerprint density at radius 2 is 1.53 bits per heavy atom. The molecule has 5 rings (SSSR count). The molecular formula is C27H28N4O5. The summed E-state index contributed by atoms with van der Waals surface area (Å²) in [5.41, 5.74) is 2.97. The largest absolute Gasteiger partial charge is 0.497 e. The molecule has 0 amide bonds. The lowest BCUT2D eigenvalue weighted by molar-refractivity contribution is 0.174. The lowest BCUT2D eigenvalue weighted by atomic mass is 10.1. The summed E-state index contributed by atoms with van der Waals surface area (Å²) < 4.78 is 27.1. The van der Waals surface area contributed by atoms with Gasteiger partial charge in [-0.25, -0.2) is 4.98 Å². The van der Waals surface area contributed by atoms with Crippen LogP contribution in [0.25, 0.3) is 10.9 Å². The van der Waals surface area contributed by atoms with Gasteiger partial charge in [0.05, 0.1) is 26.8 Å². The van der Waals surface area contributed by atoms with E-state index in [1.54, 1.807) is 21.3 Å². The molecule has 3 aromatic carbocycles. The van der Waals surface area contributed by atoms with Gasteiger partial charge in [0.1, 0.15) is 11.6 Å². The molecule has 9 heteroatoms. The second kappa shape index (κ2) is 10.5. The Morgan fingerprint density at radius 1 is 0.778 bits per heavy atom. The van der Waals surface area contributed by atoms with Gasteiger partial charge in [-0.05, 0) is 47.9 Å². The van der Waals surface area contributed by atoms with Crippen LogP contribution in [0.15, 0.2) is 54.6 Å². The van der Waals surface area contributed by atoms with E-state index in [0.29, 0.717) is 36.4 Å². The van der Waals surface area contributed by atoms with Crippen LogP contribution in [0.3, 0.4) is 0 Å². The topological polar surface area (TPSA) is 96.0 Å². The zero-order valence-corrected chi connectivity index (χ0v) is 20.5. The predicted molar refractivity (Wildman–Crippen MR) is 138 cm³/mol. The van der Waals surface area contributed by atoms with Crippen molar-refractivity contribution in [3.63, 3.8) is 0 Å². The highest BCUT2D eigenvalue weighted by atomic mass is 16.7. The monoisotopic (exact) mass is 488 g/mol. The first-order valence-corrected chi connectivity index (χ1v) is 11.6. The number of benzene rings is 3. The summed E-state index contributed by atoms with van der Waals surface area (Å²) in [7, 11) is 4.89. The van der Waals surface area contributed by atoms with E-state index < -0.39 is 0 Å². The quantitative estimate of drug-likeness (QED) is 0.331. The van der Waals surface area contributed by atoms with Crippen LogP contribution in [0, 0.1) is 0 Å². The van der Waals surface area contributed by atoms with Crippen molar-refractivity contribution in [1.82, 2.24) is 9.97 Å². The molecule has 9 nitrogen and oxygen atoms in total. The van der Waals surface area contributed by atoms with Gasteiger partial charge in [0.25, 0.3) is 0 Å². The number of ether oxygens (including phenoxy) is 5. The number of nitrogens with one attached hydrogen (secondary N) is 2. The maximum absolute atomic E-state index is 5.51. The Hall–Kier alpha value is -4.40. The maximum atomic E-state index is 5.51. The van der Waals surface area contributed by atoms with Gasteiger partial charge in [-0.2, -0.15) is 4.98 Å². The van der Waals surface area contributed by atoms with Gasteiger partial charge in [-0.15, -0.1) is 0 Å². The molecule has 0 fully saturated rings. The molecule has 2 heterocycles. The van der Waals surface area contributed by atoms with Gasteiger partial charge in [-0.3, -0.25) is 0 Å². The van der Waals surface area contributed by atoms with E-state index >= 15 is 0 Å². The number of hydrogen-bond donors (Lipinski definition) is 2. The molecule has 1 aliphatic heterocycles. The summed E-state index contributed by atoms with van der Waals surface area (Å²) >= 11 is 0. The van der Waals surface area contributed by atoms with Gasteiger partial charge in [0, 0.05) is 24.5 Å². The van der Waals surface area contributed by atoms with Crippen LogP contribution in [0.1, 0.15) is 11.1 Å². The molecule has 2 N–H and O–H groups in total. The van der Waals surface area contributed by atoms with E-state index in [1.165, 1.54) is 5.56 Å². The SMILES string of the molecule is COc1ccc(CCNc2nc(NCc3ccc4c(c3)OCO4)nc3cc(OC)c(OC)cc23)cc1. The summed E-state index contributed by atoms with van der Waals surface area (Å²) in [5.74, 6) is 4.77. The third kappa shape index (κ3) is 5.00. The summed E-state index contributed by atoms with van der Waals surface area (Å²) in [6, 6.07) is 17.7. The average molecular weight is 489 g/mol. The first-order valence-electron chi connectivity index (χ1n) is 11.6. The minimum atomic E-state index is 0.247. The van der Waals surface area contributed by atoms with Crippen molar-refractivity contribution in [2.45, 2.75) is 13.0 Å². The molecule has 0 spiro atoms. The standard InChI is InChI=1S/C27H28N4O5/c1-32-19-7-4-17(5-8-19)10-11-28-26-20-13-23(33-2)24(34-3)14-21(20)30-27(31-26)29-15-18-6-9-22-25(12-18)36-16-35-22/h4-9,12-14H,10-11,15-16H2,1-3H3,(H2,28,29,30,31). The smallest absolute Gasteiger partial charge is 0.231 e. The van der Waals surface area contributed by atoms with E-state index in [2.05, 4.69) is 22.8 Å². The molecule has 0 aliphatic carbocycles. The van der Waals surface area contributed by atoms with Crippen LogP contribution < -0.4 is 34.3 Å². The molecule has 1 aromatic heterocycles. The summed E-state index contributed by atoms with van der Waals surface area (Å²) in [6.07, 6.45) is 0.822. The van der Waals surface area contributed by atoms with E-state index in [1.807, 2.05) is 42.5 Å². The number of rotatable bonds is 10. The lowest BCUT2D eigenvalue weighted by Crippen LogP contribution is -2.10. The Labute approximate surface area is 209 Å². The van der Waals surface area contributed by atoms with Crippen molar-refractivity contribution in [2.75, 3.05) is 45.3 Å². The molecule has 186 valence electrons. The summed E-state index contributed by atoms with van der Waals surface area (Å²) in [6.45, 7) is 1.46. The molecule has 0 atom stereocenters. The molecule has 0 saturated carbocycles. The highest BCUT2D eigenvalue weighted by Crippen LogP contribution is 2.35. The Kier molecular flexibility index (Phi) is 6.79. The molecular weight excluding hydrogens is 460 g/mol. The van der Waals surface area contributed by atoms with E-state index in [-0.39, 0.29) is 6.79 Å². The normalized spacial score (nSPS) is 11.9. The van der Waals surface area contributed by atoms with Crippen molar-refractivity contribution < 1.29 is 23.7 Å². The highest BCUT2D eigenvalue weighted by Gasteiger charge is 2.15. The average Bonchev–Trinajstić information content (AvgIpc) is 3.39. The second-order valence-corrected chi connectivity index (χ2v) is 8.19. The third-order valence-corrected chi connectivity index (χ3v) is 5.95. The number of nitrogens with zero attached hydrogens (tertiary/aromatic N) is 2. The minimum Gasteiger partial charge on any atom is -0.497 e. The van der Waals surface area contributed by atoms with Crippen LogP contribution in [-0.4, -0.2) is 44.6 Å². The van der Waals surface area contributed by atoms with Crippen molar-refractivity contribution >= 4 is 22.7 Å². The lowest BCUT2D eigenvalue weighted by Gasteiger charge is -2.15. The van der Waals surface area contributed by atoms with Gasteiger partial charge in [0.2, 0.25) is 12.7 Å². The van der Waals surface area contributed by atoms with Gasteiger partial charge >= 0.3 is 0 Å². The molecule has 36 heavy (non-hydrogen) atoms. The van der Waals surface area contributed by atoms with Crippen molar-refractivity contribution in [3.8, 4) is 28.7 Å². The fourth-order valence-electron chi connectivity index (χ4n) is 4.02. The van der Waals surface area contributed by atoms with Crippen LogP contribution >= 0.6 is 0 Å². The summed E-state index contributed by atoms with van der Waals surface area (Å²) in [5, 5.41) is 7.64. The Morgan fingerprint density at radius 3 is 2.31 bits per heavy atom. The Bertz CT molecular complexity index is 1360. The van der Waals surface area contributed by atoms with Crippen LogP contribution in [0.5, 0.6) is 28.7 Å². The first-order chi connectivity index (χ1) is 17.7. The Balaban J connectivity index is 1.38. The zero-order valence-electron chi connectivity index (χ0n) is 20.5. The fourth-order valence-corrected chi connectivity index (χ4v) is 4.02. The van der Waals surface area contributed by atoms with Crippen LogP contribution in [0.4, 0.5) is 11.8 Å². The number of fused-ring (bicyclic) bond motifs is 2. The minimum absolute atomic E-state index is 0.247. The van der Waals surface area contributed by atoms with Crippen molar-refractivity contribution in [1.29, 1.82) is 0 Å². The fraction of sp³-hybridized carbons (Fsp3) is 0.259. The summed E-state index contributed by atoms with van der Waals surface area (Å²) in [4.78, 5) is 9.50. The maximum Gasteiger partial charge on any atom is 0.231 e. The molecule has 0 radical (unpaired) electrons. The van der Waals surface area contributed by atoms with E-state index in [4.69, 9.17) is 33.7 Å². The molecule has 4 aromatic rings. The van der Waals surface area contributed by atoms with Gasteiger partial charge in [0.15, 0.2) is 23.0 Å². The van der Waals surface area contributed by atoms with Crippen molar-refractivity contribution in [2.24, 2.45) is 0 Å². The van der Waals surface area contributed by atoms with Gasteiger partial charge in [-0.1, -0.05) is 18.2 Å². The second-order valence-electron chi connectivity index (χ2n) is 8.19. The molecule has 0 bridgehead atoms. The third-order valence-electron chi connectivity index (χ3n) is 5.95. The molecule has 0 saturated heterocycles. The van der Waals surface area contributed by atoms with E-state index in [0.717, 1.165) is 40.1 Å². The number of anilines is 2. The number of hydrogen-bond acceptors (Lipinski definition) is 9. The van der Waals surface area contributed by atoms with Crippen LogP contribution in [0.2, 0.25) is 0 Å².